The van der Waals surface area contributed by atoms with E-state index in [0.29, 0.717) is 18.1 Å². The van der Waals surface area contributed by atoms with Crippen molar-refractivity contribution >= 4 is 5.96 Å². The first-order valence-corrected chi connectivity index (χ1v) is 10.8. The fourth-order valence-corrected chi connectivity index (χ4v) is 5.31. The van der Waals surface area contributed by atoms with Gasteiger partial charge in [0.05, 0.1) is 17.7 Å². The number of nitrogens with one attached hydrogen (secondary N) is 1. The lowest BCUT2D eigenvalue weighted by atomic mass is 9.55. The molecule has 1 aromatic carbocycles. The Balaban J connectivity index is 1.30. The zero-order valence-corrected chi connectivity index (χ0v) is 17.9. The zero-order chi connectivity index (χ0) is 20.4. The van der Waals surface area contributed by atoms with E-state index in [1.165, 1.54) is 18.4 Å². The zero-order valence-electron chi connectivity index (χ0n) is 17.9. The van der Waals surface area contributed by atoms with Gasteiger partial charge in [0.1, 0.15) is 0 Å². The van der Waals surface area contributed by atoms with Gasteiger partial charge >= 0.3 is 0 Å². The standard InChI is InChI=1S/C23H33N5O/c1-23(2)20(19-5-4-14-29-21(19)23)26-22(25-3)28-12-10-27(11-13-28)16-18-8-6-17(15-24)7-9-18/h6-9,19-21H,4-5,10-14,16H2,1-3H3,(H,25,26). The summed E-state index contributed by atoms with van der Waals surface area (Å²) in [5.74, 6) is 1.64. The number of hydrogen-bond donors (Lipinski definition) is 1. The Labute approximate surface area is 174 Å². The molecule has 156 valence electrons. The Bertz CT molecular complexity index is 773. The maximum Gasteiger partial charge on any atom is 0.193 e. The van der Waals surface area contributed by atoms with Gasteiger partial charge in [0, 0.05) is 63.8 Å². The molecular weight excluding hydrogens is 362 g/mol. The third-order valence-corrected chi connectivity index (χ3v) is 6.99. The number of fused-ring (bicyclic) bond motifs is 1. The van der Waals surface area contributed by atoms with Gasteiger partial charge in [-0.1, -0.05) is 26.0 Å². The molecule has 3 aliphatic rings. The highest BCUT2D eigenvalue weighted by molar-refractivity contribution is 5.80. The number of piperazine rings is 1. The van der Waals surface area contributed by atoms with Gasteiger partial charge in [-0.05, 0) is 30.5 Å². The van der Waals surface area contributed by atoms with E-state index in [-0.39, 0.29) is 5.41 Å². The minimum atomic E-state index is 0.151. The third kappa shape index (κ3) is 3.99. The van der Waals surface area contributed by atoms with E-state index >= 15 is 0 Å². The molecule has 0 radical (unpaired) electrons. The summed E-state index contributed by atoms with van der Waals surface area (Å²) >= 11 is 0. The molecule has 0 aromatic heterocycles. The van der Waals surface area contributed by atoms with Gasteiger partial charge in [0.25, 0.3) is 0 Å². The van der Waals surface area contributed by atoms with E-state index in [4.69, 9.17) is 10.00 Å². The van der Waals surface area contributed by atoms with E-state index < -0.39 is 0 Å². The van der Waals surface area contributed by atoms with Crippen LogP contribution < -0.4 is 5.32 Å². The molecular formula is C23H33N5O. The largest absolute Gasteiger partial charge is 0.377 e. The fourth-order valence-electron chi connectivity index (χ4n) is 5.31. The molecule has 3 fully saturated rings. The quantitative estimate of drug-likeness (QED) is 0.629. The van der Waals surface area contributed by atoms with Crippen LogP contribution >= 0.6 is 0 Å². The number of hydrogen-bond acceptors (Lipinski definition) is 4. The van der Waals surface area contributed by atoms with Crippen LogP contribution in [0.5, 0.6) is 0 Å². The minimum absolute atomic E-state index is 0.151. The van der Waals surface area contributed by atoms with Crippen molar-refractivity contribution < 1.29 is 4.74 Å². The lowest BCUT2D eigenvalue weighted by Crippen LogP contribution is -2.71. The molecule has 3 atom stereocenters. The van der Waals surface area contributed by atoms with Crippen molar-refractivity contribution in [3.05, 3.63) is 35.4 Å². The summed E-state index contributed by atoms with van der Waals surface area (Å²) < 4.78 is 6.05. The van der Waals surface area contributed by atoms with Crippen LogP contribution in [0.4, 0.5) is 0 Å². The summed E-state index contributed by atoms with van der Waals surface area (Å²) in [6.45, 7) is 10.5. The number of nitriles is 1. The van der Waals surface area contributed by atoms with Crippen LogP contribution in [0.15, 0.2) is 29.3 Å². The van der Waals surface area contributed by atoms with Crippen LogP contribution in [-0.2, 0) is 11.3 Å². The summed E-state index contributed by atoms with van der Waals surface area (Å²) in [6, 6.07) is 10.5. The molecule has 2 saturated heterocycles. The van der Waals surface area contributed by atoms with Gasteiger partial charge in [0.2, 0.25) is 0 Å². The van der Waals surface area contributed by atoms with Crippen molar-refractivity contribution in [1.29, 1.82) is 5.26 Å². The monoisotopic (exact) mass is 395 g/mol. The van der Waals surface area contributed by atoms with Gasteiger partial charge in [-0.15, -0.1) is 0 Å². The summed E-state index contributed by atoms with van der Waals surface area (Å²) in [5, 5.41) is 12.7. The molecule has 2 heterocycles. The van der Waals surface area contributed by atoms with Gasteiger partial charge in [-0.25, -0.2) is 0 Å². The molecule has 6 nitrogen and oxygen atoms in total. The maximum atomic E-state index is 8.95. The lowest BCUT2D eigenvalue weighted by Gasteiger charge is -2.60. The fraction of sp³-hybridized carbons (Fsp3) is 0.652. The maximum absolute atomic E-state index is 8.95. The van der Waals surface area contributed by atoms with E-state index in [1.807, 2.05) is 19.2 Å². The highest BCUT2D eigenvalue weighted by Gasteiger charge is 2.58. The molecule has 1 aromatic rings. The van der Waals surface area contributed by atoms with Crippen molar-refractivity contribution in [1.82, 2.24) is 15.1 Å². The Morgan fingerprint density at radius 3 is 2.62 bits per heavy atom. The van der Waals surface area contributed by atoms with Crippen molar-refractivity contribution in [2.45, 2.75) is 45.4 Å². The SMILES string of the molecule is CN=C(NC1C2CCCOC2C1(C)C)N1CCN(Cc2ccc(C#N)cc2)CC1. The van der Waals surface area contributed by atoms with Crippen molar-refractivity contribution in [2.75, 3.05) is 39.8 Å². The number of nitrogens with zero attached hydrogens (tertiary/aromatic N) is 4. The smallest absolute Gasteiger partial charge is 0.193 e. The first kappa shape index (κ1) is 20.2. The lowest BCUT2D eigenvalue weighted by molar-refractivity contribution is -0.188. The molecule has 3 unspecified atom stereocenters. The summed E-state index contributed by atoms with van der Waals surface area (Å²) in [7, 11) is 1.89. The average Bonchev–Trinajstić information content (AvgIpc) is 2.75. The number of benzene rings is 1. The van der Waals surface area contributed by atoms with E-state index in [0.717, 1.165) is 50.9 Å². The predicted molar refractivity (Wildman–Crippen MR) is 115 cm³/mol. The summed E-state index contributed by atoms with van der Waals surface area (Å²) in [5.41, 5.74) is 2.14. The van der Waals surface area contributed by atoms with Crippen molar-refractivity contribution in [2.24, 2.45) is 16.3 Å². The number of ether oxygens (including phenoxy) is 1. The highest BCUT2D eigenvalue weighted by atomic mass is 16.5. The molecule has 0 spiro atoms. The molecule has 2 aliphatic heterocycles. The molecule has 4 rings (SSSR count). The highest BCUT2D eigenvalue weighted by Crippen LogP contribution is 2.51. The summed E-state index contributed by atoms with van der Waals surface area (Å²) in [4.78, 5) is 9.47. The molecule has 29 heavy (non-hydrogen) atoms. The second kappa shape index (κ2) is 8.33. The first-order chi connectivity index (χ1) is 14.0. The van der Waals surface area contributed by atoms with E-state index in [9.17, 15) is 0 Å². The topological polar surface area (TPSA) is 63.9 Å². The van der Waals surface area contributed by atoms with Gasteiger partial charge in [-0.3, -0.25) is 9.89 Å². The second-order valence-corrected chi connectivity index (χ2v) is 9.16. The Kier molecular flexibility index (Phi) is 5.80. The average molecular weight is 396 g/mol. The van der Waals surface area contributed by atoms with Gasteiger partial charge in [-0.2, -0.15) is 5.26 Å². The van der Waals surface area contributed by atoms with Crippen LogP contribution in [0.3, 0.4) is 0 Å². The summed E-state index contributed by atoms with van der Waals surface area (Å²) in [6.07, 6.45) is 2.81. The molecule has 6 heteroatoms. The third-order valence-electron chi connectivity index (χ3n) is 6.99. The number of aliphatic imine (C=N–C) groups is 1. The molecule has 0 amide bonds. The number of rotatable bonds is 3. The Hall–Kier alpha value is -2.10. The van der Waals surface area contributed by atoms with Crippen LogP contribution in [0.25, 0.3) is 0 Å². The van der Waals surface area contributed by atoms with E-state index in [1.54, 1.807) is 0 Å². The second-order valence-electron chi connectivity index (χ2n) is 9.16. The Morgan fingerprint density at radius 1 is 1.24 bits per heavy atom. The minimum Gasteiger partial charge on any atom is -0.377 e. The van der Waals surface area contributed by atoms with Crippen LogP contribution in [0.2, 0.25) is 0 Å². The van der Waals surface area contributed by atoms with Crippen LogP contribution in [0.1, 0.15) is 37.8 Å². The van der Waals surface area contributed by atoms with Gasteiger partial charge in [0.15, 0.2) is 5.96 Å². The van der Waals surface area contributed by atoms with Crippen LogP contribution in [-0.4, -0.2) is 67.7 Å². The molecule has 1 aliphatic carbocycles. The predicted octanol–water partition coefficient (Wildman–Crippen LogP) is 2.45. The number of guanidine groups is 1. The molecule has 1 N–H and O–H groups in total. The Morgan fingerprint density at radius 2 is 1.97 bits per heavy atom. The molecule has 1 saturated carbocycles. The normalized spacial score (nSPS) is 29.5. The molecule has 0 bridgehead atoms. The van der Waals surface area contributed by atoms with Crippen LogP contribution in [0, 0.1) is 22.7 Å². The van der Waals surface area contributed by atoms with Crippen molar-refractivity contribution in [3.63, 3.8) is 0 Å². The van der Waals surface area contributed by atoms with Gasteiger partial charge < -0.3 is 15.0 Å². The van der Waals surface area contributed by atoms with E-state index in [2.05, 4.69) is 52.2 Å². The first-order valence-electron chi connectivity index (χ1n) is 10.8. The van der Waals surface area contributed by atoms with Crippen molar-refractivity contribution in [3.8, 4) is 6.07 Å².